The number of aromatic nitrogens is 2. The average Bonchev–Trinajstić information content (AvgIpc) is 3.00. The van der Waals surface area contributed by atoms with Crippen LogP contribution in [0.15, 0.2) is 24.4 Å². The molecule has 138 valence electrons. The van der Waals surface area contributed by atoms with Crippen molar-refractivity contribution in [1.29, 1.82) is 0 Å². The summed E-state index contributed by atoms with van der Waals surface area (Å²) in [7, 11) is 0. The maximum atomic E-state index is 11.7. The molecular weight excluding hydrogens is 336 g/mol. The summed E-state index contributed by atoms with van der Waals surface area (Å²) in [6.07, 6.45) is 1.92. The molecule has 1 fully saturated rings. The van der Waals surface area contributed by atoms with Gasteiger partial charge in [-0.15, -0.1) is 0 Å². The van der Waals surface area contributed by atoms with Crippen LogP contribution in [0.2, 0.25) is 0 Å². The largest absolute Gasteiger partial charge is 0.481 e. The van der Waals surface area contributed by atoms with E-state index in [0.717, 1.165) is 22.4 Å². The lowest BCUT2D eigenvalue weighted by atomic mass is 10.0. The summed E-state index contributed by atoms with van der Waals surface area (Å²) in [6, 6.07) is 5.71. The Kier molecular flexibility index (Phi) is 5.03. The summed E-state index contributed by atoms with van der Waals surface area (Å²) in [5, 5.41) is 22.0. The molecular formula is C18H22N4O4. The van der Waals surface area contributed by atoms with E-state index in [-0.39, 0.29) is 25.3 Å². The van der Waals surface area contributed by atoms with Gasteiger partial charge in [-0.25, -0.2) is 4.98 Å². The molecule has 0 aromatic carbocycles. The van der Waals surface area contributed by atoms with E-state index in [0.29, 0.717) is 19.5 Å². The van der Waals surface area contributed by atoms with Crippen molar-refractivity contribution in [2.45, 2.75) is 31.8 Å². The number of pyridine rings is 2. The molecule has 0 radical (unpaired) electrons. The number of nitrogens with zero attached hydrogens (tertiary/aromatic N) is 3. The number of amides is 1. The number of carboxylic acids is 1. The van der Waals surface area contributed by atoms with Gasteiger partial charge in [-0.05, 0) is 31.5 Å². The molecule has 1 aliphatic rings. The summed E-state index contributed by atoms with van der Waals surface area (Å²) in [4.78, 5) is 33.1. The first kappa shape index (κ1) is 18.1. The average molecular weight is 358 g/mol. The predicted molar refractivity (Wildman–Crippen MR) is 95.9 cm³/mol. The Hall–Kier alpha value is -2.74. The van der Waals surface area contributed by atoms with Gasteiger partial charge in [0.1, 0.15) is 11.1 Å². The second-order valence-electron chi connectivity index (χ2n) is 6.72. The van der Waals surface area contributed by atoms with Crippen molar-refractivity contribution >= 4 is 28.6 Å². The van der Waals surface area contributed by atoms with E-state index >= 15 is 0 Å². The molecule has 8 heteroatoms. The lowest BCUT2D eigenvalue weighted by Gasteiger charge is -2.25. The zero-order valence-corrected chi connectivity index (χ0v) is 14.6. The van der Waals surface area contributed by atoms with E-state index in [2.05, 4.69) is 15.3 Å². The Balaban J connectivity index is 1.67. The summed E-state index contributed by atoms with van der Waals surface area (Å²) in [6.45, 7) is 3.01. The Morgan fingerprint density at radius 3 is 2.88 bits per heavy atom. The first-order valence-corrected chi connectivity index (χ1v) is 8.54. The van der Waals surface area contributed by atoms with Crippen LogP contribution in [-0.4, -0.2) is 57.3 Å². The molecule has 3 N–H and O–H groups in total. The second-order valence-corrected chi connectivity index (χ2v) is 6.72. The van der Waals surface area contributed by atoms with Crippen LogP contribution < -0.4 is 10.2 Å². The predicted octanol–water partition coefficient (Wildman–Crippen LogP) is 0.860. The first-order valence-electron chi connectivity index (χ1n) is 8.54. The number of nitrogens with one attached hydrogen (secondary N) is 1. The maximum Gasteiger partial charge on any atom is 0.303 e. The highest BCUT2D eigenvalue weighted by atomic mass is 16.4. The topological polar surface area (TPSA) is 116 Å². The number of carboxylic acid groups (broad SMARTS) is 1. The van der Waals surface area contributed by atoms with E-state index in [9.17, 15) is 14.7 Å². The number of hydrogen-bond acceptors (Lipinski definition) is 6. The summed E-state index contributed by atoms with van der Waals surface area (Å²) >= 11 is 0. The Bertz CT molecular complexity index is 841. The number of carbonyl (C=O) groups excluding carboxylic acids is 1. The number of rotatable bonds is 6. The molecule has 2 aromatic heterocycles. The summed E-state index contributed by atoms with van der Waals surface area (Å²) in [5.74, 6) is -1.39. The van der Waals surface area contributed by atoms with Crippen LogP contribution in [0, 0.1) is 6.92 Å². The molecule has 1 amide bonds. The molecule has 2 aromatic rings. The second kappa shape index (κ2) is 7.25. The van der Waals surface area contributed by atoms with Gasteiger partial charge in [0, 0.05) is 37.9 Å². The number of aliphatic carboxylic acids is 1. The first-order chi connectivity index (χ1) is 12.4. The third-order valence-corrected chi connectivity index (χ3v) is 4.56. The molecule has 1 aliphatic heterocycles. The van der Waals surface area contributed by atoms with Gasteiger partial charge in [-0.2, -0.15) is 0 Å². The molecule has 1 atom stereocenters. The molecule has 3 rings (SSSR count). The van der Waals surface area contributed by atoms with Crippen LogP contribution >= 0.6 is 0 Å². The summed E-state index contributed by atoms with van der Waals surface area (Å²) in [5.41, 5.74) is 2.34. The fourth-order valence-electron chi connectivity index (χ4n) is 3.14. The number of aryl methyl sites for hydroxylation is 1. The SMILES string of the molecule is Cc1ccc2nccc(N3CCC(O)(CNC(=O)CCC(=O)O)C3)c2n1. The van der Waals surface area contributed by atoms with Crippen LogP contribution in [0.4, 0.5) is 5.69 Å². The zero-order valence-electron chi connectivity index (χ0n) is 14.6. The van der Waals surface area contributed by atoms with Crippen molar-refractivity contribution in [1.82, 2.24) is 15.3 Å². The van der Waals surface area contributed by atoms with Crippen molar-refractivity contribution in [3.05, 3.63) is 30.1 Å². The smallest absolute Gasteiger partial charge is 0.303 e. The van der Waals surface area contributed by atoms with E-state index < -0.39 is 11.6 Å². The molecule has 0 bridgehead atoms. The number of β-amino-alcohol motifs (C(OH)–C–C–N with tert-alkyl or cyclic N) is 1. The highest BCUT2D eigenvalue weighted by Gasteiger charge is 2.37. The molecule has 0 spiro atoms. The number of hydrogen-bond donors (Lipinski definition) is 3. The van der Waals surface area contributed by atoms with Gasteiger partial charge in [0.15, 0.2) is 0 Å². The fraction of sp³-hybridized carbons (Fsp3) is 0.444. The molecule has 1 unspecified atom stereocenters. The lowest BCUT2D eigenvalue weighted by molar-refractivity contribution is -0.138. The zero-order chi connectivity index (χ0) is 18.7. The Labute approximate surface area is 150 Å². The standard InChI is InChI=1S/C18H22N4O4/c1-12-2-3-13-17(21-12)14(6-8-19-13)22-9-7-18(26,11-22)10-20-15(23)4-5-16(24)25/h2-3,6,8,26H,4-5,7,9-11H2,1H3,(H,20,23)(H,24,25). The van der Waals surface area contributed by atoms with Gasteiger partial charge in [0.25, 0.3) is 0 Å². The van der Waals surface area contributed by atoms with E-state index in [1.807, 2.05) is 30.0 Å². The third-order valence-electron chi connectivity index (χ3n) is 4.56. The maximum absolute atomic E-state index is 11.7. The number of fused-ring (bicyclic) bond motifs is 1. The molecule has 0 aliphatic carbocycles. The normalized spacial score (nSPS) is 19.7. The van der Waals surface area contributed by atoms with Gasteiger partial charge in [-0.3, -0.25) is 14.6 Å². The molecule has 26 heavy (non-hydrogen) atoms. The van der Waals surface area contributed by atoms with E-state index in [1.165, 1.54) is 0 Å². The fourth-order valence-corrected chi connectivity index (χ4v) is 3.14. The Morgan fingerprint density at radius 1 is 1.31 bits per heavy atom. The molecule has 8 nitrogen and oxygen atoms in total. The lowest BCUT2D eigenvalue weighted by Crippen LogP contribution is -2.45. The third kappa shape index (κ3) is 4.08. The highest BCUT2D eigenvalue weighted by molar-refractivity contribution is 5.88. The number of aliphatic hydroxyl groups is 1. The Morgan fingerprint density at radius 2 is 2.12 bits per heavy atom. The van der Waals surface area contributed by atoms with Crippen LogP contribution in [0.5, 0.6) is 0 Å². The minimum absolute atomic E-state index is 0.0900. The minimum atomic E-state index is -1.06. The highest BCUT2D eigenvalue weighted by Crippen LogP contribution is 2.30. The molecule has 3 heterocycles. The van der Waals surface area contributed by atoms with Gasteiger partial charge < -0.3 is 20.4 Å². The van der Waals surface area contributed by atoms with Gasteiger partial charge in [0.2, 0.25) is 5.91 Å². The van der Waals surface area contributed by atoms with Crippen LogP contribution in [-0.2, 0) is 9.59 Å². The van der Waals surface area contributed by atoms with Crippen LogP contribution in [0.1, 0.15) is 25.0 Å². The van der Waals surface area contributed by atoms with Gasteiger partial charge in [-0.1, -0.05) is 0 Å². The van der Waals surface area contributed by atoms with E-state index in [4.69, 9.17) is 5.11 Å². The van der Waals surface area contributed by atoms with Crippen molar-refractivity contribution < 1.29 is 19.8 Å². The van der Waals surface area contributed by atoms with Crippen LogP contribution in [0.3, 0.4) is 0 Å². The number of carbonyl (C=O) groups is 2. The van der Waals surface area contributed by atoms with Gasteiger partial charge in [0.05, 0.1) is 17.6 Å². The minimum Gasteiger partial charge on any atom is -0.481 e. The quantitative estimate of drug-likeness (QED) is 0.701. The number of anilines is 1. The van der Waals surface area contributed by atoms with Crippen LogP contribution in [0.25, 0.3) is 11.0 Å². The van der Waals surface area contributed by atoms with Crippen molar-refractivity contribution in [3.8, 4) is 0 Å². The molecule has 1 saturated heterocycles. The van der Waals surface area contributed by atoms with E-state index in [1.54, 1.807) is 6.20 Å². The van der Waals surface area contributed by atoms with Crippen molar-refractivity contribution in [3.63, 3.8) is 0 Å². The van der Waals surface area contributed by atoms with Crippen molar-refractivity contribution in [2.75, 3.05) is 24.5 Å². The van der Waals surface area contributed by atoms with Gasteiger partial charge >= 0.3 is 5.97 Å². The molecule has 0 saturated carbocycles. The van der Waals surface area contributed by atoms with Crippen molar-refractivity contribution in [2.24, 2.45) is 0 Å². The monoisotopic (exact) mass is 358 g/mol. The summed E-state index contributed by atoms with van der Waals surface area (Å²) < 4.78 is 0.